The van der Waals surface area contributed by atoms with Gasteiger partial charge in [0.15, 0.2) is 0 Å². The Hall–Kier alpha value is -0.220. The lowest BCUT2D eigenvalue weighted by Gasteiger charge is -1.98. The first-order valence-electron chi connectivity index (χ1n) is 2.70. The SMILES string of the molecule is CSc1nc(N)ccc1Br. The van der Waals surface area contributed by atoms with E-state index in [1.807, 2.05) is 12.3 Å². The Labute approximate surface area is 72.3 Å². The molecule has 1 rings (SSSR count). The van der Waals surface area contributed by atoms with Crippen molar-refractivity contribution in [1.82, 2.24) is 4.98 Å². The summed E-state index contributed by atoms with van der Waals surface area (Å²) in [6.07, 6.45) is 1.96. The maximum absolute atomic E-state index is 5.46. The van der Waals surface area contributed by atoms with E-state index in [1.165, 1.54) is 0 Å². The van der Waals surface area contributed by atoms with Gasteiger partial charge in [-0.25, -0.2) is 4.98 Å². The first kappa shape index (κ1) is 7.88. The van der Waals surface area contributed by atoms with Crippen molar-refractivity contribution in [3.05, 3.63) is 16.6 Å². The molecule has 0 fully saturated rings. The van der Waals surface area contributed by atoms with E-state index in [0.717, 1.165) is 9.50 Å². The van der Waals surface area contributed by atoms with Gasteiger partial charge in [0.1, 0.15) is 10.8 Å². The molecule has 0 unspecified atom stereocenters. The number of hydrogen-bond donors (Lipinski definition) is 1. The molecule has 2 N–H and O–H groups in total. The molecule has 0 radical (unpaired) electrons. The van der Waals surface area contributed by atoms with Crippen molar-refractivity contribution in [1.29, 1.82) is 0 Å². The molecular weight excluding hydrogens is 212 g/mol. The van der Waals surface area contributed by atoms with Crippen LogP contribution in [0.25, 0.3) is 0 Å². The minimum Gasteiger partial charge on any atom is -0.384 e. The summed E-state index contributed by atoms with van der Waals surface area (Å²) in [7, 11) is 0. The van der Waals surface area contributed by atoms with Gasteiger partial charge in [-0.3, -0.25) is 0 Å². The van der Waals surface area contributed by atoms with Gasteiger partial charge in [-0.05, 0) is 34.3 Å². The van der Waals surface area contributed by atoms with Crippen molar-refractivity contribution < 1.29 is 0 Å². The van der Waals surface area contributed by atoms with Crippen LogP contribution in [0.2, 0.25) is 0 Å². The first-order valence-corrected chi connectivity index (χ1v) is 4.72. The third-order valence-electron chi connectivity index (χ3n) is 1.03. The quantitative estimate of drug-likeness (QED) is 0.735. The minimum atomic E-state index is 0.563. The molecule has 0 spiro atoms. The molecule has 4 heteroatoms. The summed E-state index contributed by atoms with van der Waals surface area (Å²) in [5.74, 6) is 0.563. The molecule has 0 saturated heterocycles. The highest BCUT2D eigenvalue weighted by Gasteiger charge is 1.98. The second kappa shape index (κ2) is 3.25. The fourth-order valence-corrected chi connectivity index (χ4v) is 1.75. The van der Waals surface area contributed by atoms with Gasteiger partial charge in [0, 0.05) is 4.47 Å². The number of halogens is 1. The molecule has 0 atom stereocenters. The molecule has 0 bridgehead atoms. The molecule has 0 aromatic carbocycles. The van der Waals surface area contributed by atoms with Gasteiger partial charge in [-0.15, -0.1) is 11.8 Å². The number of rotatable bonds is 1. The van der Waals surface area contributed by atoms with Gasteiger partial charge in [-0.1, -0.05) is 0 Å². The molecule has 0 aliphatic heterocycles. The van der Waals surface area contributed by atoms with Crippen LogP contribution in [0.4, 0.5) is 5.82 Å². The highest BCUT2D eigenvalue weighted by atomic mass is 79.9. The van der Waals surface area contributed by atoms with Crippen molar-refractivity contribution in [3.8, 4) is 0 Å². The van der Waals surface area contributed by atoms with Crippen LogP contribution in [0.5, 0.6) is 0 Å². The Kier molecular flexibility index (Phi) is 2.56. The summed E-state index contributed by atoms with van der Waals surface area (Å²) in [5.41, 5.74) is 5.46. The lowest BCUT2D eigenvalue weighted by molar-refractivity contribution is 1.12. The molecule has 0 amide bonds. The zero-order chi connectivity index (χ0) is 7.56. The standard InChI is InChI=1S/C6H7BrN2S/c1-10-6-4(7)2-3-5(8)9-6/h2-3H,1H3,(H2,8,9). The van der Waals surface area contributed by atoms with Crippen LogP contribution < -0.4 is 5.73 Å². The van der Waals surface area contributed by atoms with Crippen molar-refractivity contribution in [3.63, 3.8) is 0 Å². The van der Waals surface area contributed by atoms with E-state index in [-0.39, 0.29) is 0 Å². The van der Waals surface area contributed by atoms with Crippen LogP contribution in [0, 0.1) is 0 Å². The van der Waals surface area contributed by atoms with E-state index in [2.05, 4.69) is 20.9 Å². The molecule has 0 saturated carbocycles. The first-order chi connectivity index (χ1) is 4.74. The predicted molar refractivity (Wildman–Crippen MR) is 48.1 cm³/mol. The molecule has 2 nitrogen and oxygen atoms in total. The number of pyridine rings is 1. The molecule has 10 heavy (non-hydrogen) atoms. The van der Waals surface area contributed by atoms with Crippen LogP contribution in [-0.2, 0) is 0 Å². The summed E-state index contributed by atoms with van der Waals surface area (Å²) in [5, 5.41) is 0.931. The Morgan fingerprint density at radius 1 is 1.60 bits per heavy atom. The normalized spacial score (nSPS) is 9.80. The molecule has 0 aliphatic rings. The number of nitrogen functional groups attached to an aromatic ring is 1. The maximum Gasteiger partial charge on any atom is 0.124 e. The second-order valence-corrected chi connectivity index (χ2v) is 3.38. The topological polar surface area (TPSA) is 38.9 Å². The van der Waals surface area contributed by atoms with Crippen molar-refractivity contribution in [2.75, 3.05) is 12.0 Å². The van der Waals surface area contributed by atoms with Gasteiger partial charge in [0.2, 0.25) is 0 Å². The van der Waals surface area contributed by atoms with Gasteiger partial charge in [0.25, 0.3) is 0 Å². The second-order valence-electron chi connectivity index (χ2n) is 1.73. The fourth-order valence-electron chi connectivity index (χ4n) is 0.581. The van der Waals surface area contributed by atoms with E-state index in [0.29, 0.717) is 5.82 Å². The zero-order valence-corrected chi connectivity index (χ0v) is 7.87. The molecule has 0 aliphatic carbocycles. The van der Waals surface area contributed by atoms with Gasteiger partial charge >= 0.3 is 0 Å². The monoisotopic (exact) mass is 218 g/mol. The number of hydrogen-bond acceptors (Lipinski definition) is 3. The van der Waals surface area contributed by atoms with Crippen molar-refractivity contribution >= 4 is 33.5 Å². The Bertz CT molecular complexity index is 239. The Morgan fingerprint density at radius 3 is 2.80 bits per heavy atom. The fraction of sp³-hybridized carbons (Fsp3) is 0.167. The summed E-state index contributed by atoms with van der Waals surface area (Å²) in [4.78, 5) is 4.09. The van der Waals surface area contributed by atoms with Crippen LogP contribution >= 0.6 is 27.7 Å². The summed E-state index contributed by atoms with van der Waals surface area (Å²) in [6, 6.07) is 3.66. The Balaban J connectivity index is 3.09. The summed E-state index contributed by atoms with van der Waals surface area (Å²) >= 11 is 4.92. The lowest BCUT2D eigenvalue weighted by Crippen LogP contribution is -1.90. The number of nitrogens with zero attached hydrogens (tertiary/aromatic N) is 1. The maximum atomic E-state index is 5.46. The predicted octanol–water partition coefficient (Wildman–Crippen LogP) is 2.15. The lowest BCUT2D eigenvalue weighted by atomic mass is 10.5. The van der Waals surface area contributed by atoms with Crippen molar-refractivity contribution in [2.24, 2.45) is 0 Å². The smallest absolute Gasteiger partial charge is 0.124 e. The molecular formula is C6H7BrN2S. The Morgan fingerprint density at radius 2 is 2.30 bits per heavy atom. The van der Waals surface area contributed by atoms with Gasteiger partial charge < -0.3 is 5.73 Å². The van der Waals surface area contributed by atoms with E-state index >= 15 is 0 Å². The van der Waals surface area contributed by atoms with Crippen molar-refractivity contribution in [2.45, 2.75) is 5.03 Å². The van der Waals surface area contributed by atoms with E-state index in [1.54, 1.807) is 17.8 Å². The average Bonchev–Trinajstić information content (AvgIpc) is 1.94. The van der Waals surface area contributed by atoms with Crippen LogP contribution in [0.1, 0.15) is 0 Å². The largest absolute Gasteiger partial charge is 0.384 e. The summed E-state index contributed by atoms with van der Waals surface area (Å²) in [6.45, 7) is 0. The average molecular weight is 219 g/mol. The van der Waals surface area contributed by atoms with Crippen LogP contribution in [0.3, 0.4) is 0 Å². The van der Waals surface area contributed by atoms with E-state index in [9.17, 15) is 0 Å². The zero-order valence-electron chi connectivity index (χ0n) is 5.47. The number of anilines is 1. The highest BCUT2D eigenvalue weighted by molar-refractivity contribution is 9.10. The van der Waals surface area contributed by atoms with E-state index in [4.69, 9.17) is 5.73 Å². The number of nitrogens with two attached hydrogens (primary N) is 1. The van der Waals surface area contributed by atoms with Crippen LogP contribution in [-0.4, -0.2) is 11.2 Å². The highest BCUT2D eigenvalue weighted by Crippen LogP contribution is 2.23. The molecule has 1 heterocycles. The van der Waals surface area contributed by atoms with Crippen LogP contribution in [0.15, 0.2) is 21.6 Å². The molecule has 1 aromatic rings. The third kappa shape index (κ3) is 1.64. The third-order valence-corrected chi connectivity index (χ3v) is 2.63. The van der Waals surface area contributed by atoms with E-state index < -0.39 is 0 Å². The van der Waals surface area contributed by atoms with Gasteiger partial charge in [0.05, 0.1) is 0 Å². The molecule has 54 valence electrons. The number of thioether (sulfide) groups is 1. The minimum absolute atomic E-state index is 0.563. The summed E-state index contributed by atoms with van der Waals surface area (Å²) < 4.78 is 0.995. The molecule has 1 aromatic heterocycles. The number of aromatic nitrogens is 1. The van der Waals surface area contributed by atoms with Gasteiger partial charge in [-0.2, -0.15) is 0 Å².